The lowest BCUT2D eigenvalue weighted by Crippen LogP contribution is -1.96. The quantitative estimate of drug-likeness (QED) is 0.695. The Hall–Kier alpha value is -1.09. The highest BCUT2D eigenvalue weighted by Crippen LogP contribution is 2.17. The van der Waals surface area contributed by atoms with E-state index >= 15 is 0 Å². The van der Waals surface area contributed by atoms with Crippen LogP contribution in [0.5, 0.6) is 0 Å². The van der Waals surface area contributed by atoms with E-state index in [1.807, 2.05) is 24.5 Å². The van der Waals surface area contributed by atoms with Crippen LogP contribution in [0.4, 0.5) is 0 Å². The molecule has 13 heavy (non-hydrogen) atoms. The van der Waals surface area contributed by atoms with Crippen molar-refractivity contribution in [1.82, 2.24) is 0 Å². The van der Waals surface area contributed by atoms with Gasteiger partial charge in [0.25, 0.3) is 0 Å². The molecule has 0 amide bonds. The molecule has 0 radical (unpaired) electrons. The van der Waals surface area contributed by atoms with Crippen molar-refractivity contribution in [2.75, 3.05) is 7.11 Å². The molecule has 0 atom stereocenters. The molecule has 1 aromatic rings. The first-order chi connectivity index (χ1) is 6.24. The normalized spacial score (nSPS) is 10.6. The minimum absolute atomic E-state index is 0.203. The Morgan fingerprint density at radius 2 is 2.46 bits per heavy atom. The van der Waals surface area contributed by atoms with Crippen molar-refractivity contribution in [3.05, 3.63) is 28.0 Å². The molecule has 0 aliphatic carbocycles. The van der Waals surface area contributed by atoms with Crippen molar-refractivity contribution >= 4 is 23.4 Å². The van der Waals surface area contributed by atoms with Gasteiger partial charge in [-0.15, -0.1) is 11.3 Å². The molecule has 0 N–H and O–H groups in total. The van der Waals surface area contributed by atoms with Gasteiger partial charge >= 0.3 is 5.97 Å². The van der Waals surface area contributed by atoms with Crippen molar-refractivity contribution in [2.24, 2.45) is 0 Å². The zero-order chi connectivity index (χ0) is 9.68. The van der Waals surface area contributed by atoms with E-state index in [1.165, 1.54) is 17.6 Å². The van der Waals surface area contributed by atoms with Crippen LogP contribution in [0.1, 0.15) is 16.9 Å². The second-order valence-corrected chi connectivity index (χ2v) is 3.60. The number of esters is 1. The Morgan fingerprint density at radius 3 is 3.00 bits per heavy atom. The van der Waals surface area contributed by atoms with Gasteiger partial charge < -0.3 is 4.74 Å². The van der Waals surface area contributed by atoms with Gasteiger partial charge in [0.2, 0.25) is 0 Å². The van der Waals surface area contributed by atoms with E-state index in [4.69, 9.17) is 0 Å². The number of hydrogen-bond acceptors (Lipinski definition) is 3. The van der Waals surface area contributed by atoms with Crippen LogP contribution in [0.3, 0.4) is 0 Å². The van der Waals surface area contributed by atoms with Crippen LogP contribution in [0.15, 0.2) is 17.5 Å². The predicted octanol–water partition coefficient (Wildman–Crippen LogP) is 2.63. The fourth-order valence-corrected chi connectivity index (χ4v) is 1.75. The lowest BCUT2D eigenvalue weighted by atomic mass is 10.2. The molecule has 0 aliphatic heterocycles. The van der Waals surface area contributed by atoms with Gasteiger partial charge in [-0.05, 0) is 30.0 Å². The summed E-state index contributed by atoms with van der Waals surface area (Å²) in [5, 5.41) is 2.03. The van der Waals surface area contributed by atoms with E-state index in [0.717, 1.165) is 0 Å². The van der Waals surface area contributed by atoms with Crippen LogP contribution in [0.2, 0.25) is 0 Å². The van der Waals surface area contributed by atoms with Crippen LogP contribution >= 0.6 is 11.3 Å². The maximum absolute atomic E-state index is 10.8. The zero-order valence-electron chi connectivity index (χ0n) is 7.74. The second kappa shape index (κ2) is 4.82. The monoisotopic (exact) mass is 196 g/mol. The SMILES string of the molecule is COC(=O)CC=Cc1sccc1C. The lowest BCUT2D eigenvalue weighted by Gasteiger charge is -1.92. The number of carbonyl (C=O) groups is 1. The summed E-state index contributed by atoms with van der Waals surface area (Å²) >= 11 is 1.67. The number of methoxy groups -OCH3 is 1. The highest BCUT2D eigenvalue weighted by Gasteiger charge is 1.96. The highest BCUT2D eigenvalue weighted by molar-refractivity contribution is 7.11. The Morgan fingerprint density at radius 1 is 1.69 bits per heavy atom. The summed E-state index contributed by atoms with van der Waals surface area (Å²) in [7, 11) is 1.40. The number of ether oxygens (including phenoxy) is 1. The molecule has 0 bridgehead atoms. The molecule has 0 saturated carbocycles. The maximum atomic E-state index is 10.8. The number of thiophene rings is 1. The molecule has 0 fully saturated rings. The minimum atomic E-state index is -0.203. The molecule has 1 heterocycles. The Labute approximate surface area is 81.8 Å². The van der Waals surface area contributed by atoms with Gasteiger partial charge in [0.1, 0.15) is 0 Å². The van der Waals surface area contributed by atoms with Crippen LogP contribution in [-0.4, -0.2) is 13.1 Å². The van der Waals surface area contributed by atoms with Gasteiger partial charge in [0, 0.05) is 4.88 Å². The van der Waals surface area contributed by atoms with Crippen molar-refractivity contribution in [3.63, 3.8) is 0 Å². The third-order valence-electron chi connectivity index (χ3n) is 1.68. The number of hydrogen-bond donors (Lipinski definition) is 0. The van der Waals surface area contributed by atoms with E-state index in [-0.39, 0.29) is 5.97 Å². The molecule has 2 nitrogen and oxygen atoms in total. The van der Waals surface area contributed by atoms with Crippen molar-refractivity contribution < 1.29 is 9.53 Å². The summed E-state index contributed by atoms with van der Waals surface area (Å²) in [6, 6.07) is 2.06. The third kappa shape index (κ3) is 3.03. The van der Waals surface area contributed by atoms with Crippen molar-refractivity contribution in [1.29, 1.82) is 0 Å². The molecular weight excluding hydrogens is 184 g/mol. The fraction of sp³-hybridized carbons (Fsp3) is 0.300. The fourth-order valence-electron chi connectivity index (χ4n) is 0.901. The summed E-state index contributed by atoms with van der Waals surface area (Å²) in [6.45, 7) is 2.05. The maximum Gasteiger partial charge on any atom is 0.309 e. The number of carbonyl (C=O) groups excluding carboxylic acids is 1. The first kappa shape index (κ1) is 9.99. The molecule has 0 spiro atoms. The van der Waals surface area contributed by atoms with Crippen LogP contribution in [-0.2, 0) is 9.53 Å². The largest absolute Gasteiger partial charge is 0.469 e. The first-order valence-electron chi connectivity index (χ1n) is 4.01. The smallest absolute Gasteiger partial charge is 0.309 e. The highest BCUT2D eigenvalue weighted by atomic mass is 32.1. The van der Waals surface area contributed by atoms with E-state index in [1.54, 1.807) is 11.3 Å². The van der Waals surface area contributed by atoms with Crippen LogP contribution in [0.25, 0.3) is 6.08 Å². The number of aryl methyl sites for hydroxylation is 1. The topological polar surface area (TPSA) is 26.3 Å². The van der Waals surface area contributed by atoms with Gasteiger partial charge in [0.05, 0.1) is 13.5 Å². The minimum Gasteiger partial charge on any atom is -0.469 e. The molecule has 0 aliphatic rings. The molecule has 0 unspecified atom stereocenters. The van der Waals surface area contributed by atoms with Gasteiger partial charge in [0.15, 0.2) is 0 Å². The van der Waals surface area contributed by atoms with Gasteiger partial charge in [-0.25, -0.2) is 0 Å². The van der Waals surface area contributed by atoms with Gasteiger partial charge in [-0.1, -0.05) is 6.08 Å². The van der Waals surface area contributed by atoms with E-state index < -0.39 is 0 Å². The first-order valence-corrected chi connectivity index (χ1v) is 4.89. The van der Waals surface area contributed by atoms with Crippen molar-refractivity contribution in [2.45, 2.75) is 13.3 Å². The molecule has 1 rings (SSSR count). The average molecular weight is 196 g/mol. The molecule has 70 valence electrons. The molecule has 0 aromatic carbocycles. The van der Waals surface area contributed by atoms with Gasteiger partial charge in [-0.3, -0.25) is 4.79 Å². The summed E-state index contributed by atoms with van der Waals surface area (Å²) < 4.78 is 4.51. The molecule has 0 saturated heterocycles. The second-order valence-electron chi connectivity index (χ2n) is 2.65. The standard InChI is InChI=1S/C10H12O2S/c1-8-6-7-13-9(8)4-3-5-10(11)12-2/h3-4,6-7H,5H2,1-2H3. The summed E-state index contributed by atoms with van der Waals surface area (Å²) in [5.74, 6) is -0.203. The summed E-state index contributed by atoms with van der Waals surface area (Å²) in [6.07, 6.45) is 4.12. The summed E-state index contributed by atoms with van der Waals surface area (Å²) in [5.41, 5.74) is 1.24. The zero-order valence-corrected chi connectivity index (χ0v) is 8.56. The third-order valence-corrected chi connectivity index (χ3v) is 2.67. The van der Waals surface area contributed by atoms with E-state index in [9.17, 15) is 4.79 Å². The predicted molar refractivity (Wildman–Crippen MR) is 54.7 cm³/mol. The summed E-state index contributed by atoms with van der Waals surface area (Å²) in [4.78, 5) is 12.0. The average Bonchev–Trinajstić information content (AvgIpc) is 2.52. The molecule has 1 aromatic heterocycles. The van der Waals surface area contributed by atoms with Crippen LogP contribution in [0, 0.1) is 6.92 Å². The van der Waals surface area contributed by atoms with Crippen molar-refractivity contribution in [3.8, 4) is 0 Å². The molecular formula is C10H12O2S. The van der Waals surface area contributed by atoms with Crippen LogP contribution < -0.4 is 0 Å². The van der Waals surface area contributed by atoms with E-state index in [2.05, 4.69) is 10.8 Å². The Balaban J connectivity index is 2.50. The lowest BCUT2D eigenvalue weighted by molar-refractivity contribution is -0.139. The Kier molecular flexibility index (Phi) is 3.71. The number of rotatable bonds is 3. The van der Waals surface area contributed by atoms with E-state index in [0.29, 0.717) is 6.42 Å². The molecule has 3 heteroatoms. The Bertz CT molecular complexity index is 312. The van der Waals surface area contributed by atoms with Gasteiger partial charge in [-0.2, -0.15) is 0 Å².